The van der Waals surface area contributed by atoms with Gasteiger partial charge in [-0.25, -0.2) is 0 Å². The first-order valence-corrected chi connectivity index (χ1v) is 6.88. The van der Waals surface area contributed by atoms with Gasteiger partial charge < -0.3 is 14.2 Å². The third kappa shape index (κ3) is 2.89. The van der Waals surface area contributed by atoms with E-state index in [-0.39, 0.29) is 5.92 Å². The van der Waals surface area contributed by atoms with Crippen LogP contribution in [0.4, 0.5) is 0 Å². The fraction of sp³-hybridized carbons (Fsp3) is 0.467. The van der Waals surface area contributed by atoms with Gasteiger partial charge in [0.1, 0.15) is 0 Å². The van der Waals surface area contributed by atoms with Crippen LogP contribution < -0.4 is 0 Å². The normalized spacial score (nSPS) is 18.9. The van der Waals surface area contributed by atoms with E-state index < -0.39 is 0 Å². The number of ether oxygens (including phenoxy) is 1. The number of hydrogen-bond acceptors (Lipinski definition) is 5. The second-order valence-corrected chi connectivity index (χ2v) is 5.46. The highest BCUT2D eigenvalue weighted by molar-refractivity contribution is 5.54. The minimum atomic E-state index is 0.275. The summed E-state index contributed by atoms with van der Waals surface area (Å²) in [5, 5.41) is 4.09. The van der Waals surface area contributed by atoms with Crippen molar-refractivity contribution in [1.82, 2.24) is 15.0 Å². The van der Waals surface area contributed by atoms with E-state index in [9.17, 15) is 0 Å². The van der Waals surface area contributed by atoms with E-state index in [1.54, 1.807) is 0 Å². The Morgan fingerprint density at radius 2 is 2.25 bits per heavy atom. The summed E-state index contributed by atoms with van der Waals surface area (Å²) in [7, 11) is 4.11. The van der Waals surface area contributed by atoms with E-state index in [1.807, 2.05) is 12.1 Å². The van der Waals surface area contributed by atoms with Gasteiger partial charge in [-0.2, -0.15) is 4.98 Å². The molecule has 1 fully saturated rings. The maximum Gasteiger partial charge on any atom is 0.257 e. The van der Waals surface area contributed by atoms with E-state index in [0.717, 1.165) is 31.0 Å². The lowest BCUT2D eigenvalue weighted by Crippen LogP contribution is -2.10. The van der Waals surface area contributed by atoms with Crippen LogP contribution in [0.1, 0.15) is 23.7 Å². The van der Waals surface area contributed by atoms with Crippen molar-refractivity contribution in [2.75, 3.05) is 27.3 Å². The zero-order valence-corrected chi connectivity index (χ0v) is 11.9. The van der Waals surface area contributed by atoms with E-state index in [4.69, 9.17) is 9.26 Å². The molecule has 0 spiro atoms. The van der Waals surface area contributed by atoms with Gasteiger partial charge in [0, 0.05) is 24.6 Å². The van der Waals surface area contributed by atoms with Crippen LogP contribution in [0.2, 0.25) is 0 Å². The summed E-state index contributed by atoms with van der Waals surface area (Å²) in [5.41, 5.74) is 2.21. The molecule has 0 bridgehead atoms. The Balaban J connectivity index is 1.81. The molecule has 0 unspecified atom stereocenters. The monoisotopic (exact) mass is 273 g/mol. The molecular weight excluding hydrogens is 254 g/mol. The van der Waals surface area contributed by atoms with Crippen LogP contribution in [0.3, 0.4) is 0 Å². The largest absolute Gasteiger partial charge is 0.381 e. The van der Waals surface area contributed by atoms with Crippen LogP contribution in [0.5, 0.6) is 0 Å². The molecule has 20 heavy (non-hydrogen) atoms. The number of nitrogens with zero attached hydrogens (tertiary/aromatic N) is 3. The first-order valence-electron chi connectivity index (χ1n) is 6.88. The summed E-state index contributed by atoms with van der Waals surface area (Å²) in [6.07, 6.45) is 0.972. The molecule has 0 radical (unpaired) electrons. The average Bonchev–Trinajstić information content (AvgIpc) is 3.09. The summed E-state index contributed by atoms with van der Waals surface area (Å²) < 4.78 is 10.8. The van der Waals surface area contributed by atoms with E-state index >= 15 is 0 Å². The molecule has 1 atom stereocenters. The van der Waals surface area contributed by atoms with Crippen molar-refractivity contribution >= 4 is 0 Å². The molecule has 1 saturated heterocycles. The van der Waals surface area contributed by atoms with Gasteiger partial charge in [0.25, 0.3) is 5.89 Å². The minimum absolute atomic E-state index is 0.275. The third-order valence-electron chi connectivity index (χ3n) is 3.41. The fourth-order valence-corrected chi connectivity index (χ4v) is 2.42. The van der Waals surface area contributed by atoms with Gasteiger partial charge in [-0.3, -0.25) is 0 Å². The van der Waals surface area contributed by atoms with Gasteiger partial charge >= 0.3 is 0 Å². The van der Waals surface area contributed by atoms with Crippen LogP contribution in [0, 0.1) is 0 Å². The molecule has 3 rings (SSSR count). The number of benzene rings is 1. The first kappa shape index (κ1) is 13.3. The van der Waals surface area contributed by atoms with E-state index in [1.165, 1.54) is 5.56 Å². The molecule has 0 amide bonds. The van der Waals surface area contributed by atoms with Crippen molar-refractivity contribution in [3.05, 3.63) is 35.7 Å². The van der Waals surface area contributed by atoms with Gasteiger partial charge in [-0.15, -0.1) is 0 Å². The number of rotatable bonds is 4. The Bertz CT molecular complexity index is 574. The quantitative estimate of drug-likeness (QED) is 0.855. The Morgan fingerprint density at radius 1 is 1.35 bits per heavy atom. The second-order valence-electron chi connectivity index (χ2n) is 5.46. The minimum Gasteiger partial charge on any atom is -0.381 e. The number of aromatic nitrogens is 2. The zero-order valence-electron chi connectivity index (χ0n) is 11.9. The highest BCUT2D eigenvalue weighted by atomic mass is 16.5. The van der Waals surface area contributed by atoms with Crippen LogP contribution in [-0.2, 0) is 11.3 Å². The molecule has 5 nitrogen and oxygen atoms in total. The first-order chi connectivity index (χ1) is 9.72. The van der Waals surface area contributed by atoms with Gasteiger partial charge in [0.2, 0.25) is 0 Å². The SMILES string of the molecule is CN(C)Cc1cccc(-c2nc([C@H]3CCOC3)no2)c1. The molecule has 1 aliphatic heterocycles. The van der Waals surface area contributed by atoms with Crippen molar-refractivity contribution in [2.45, 2.75) is 18.9 Å². The van der Waals surface area contributed by atoms with Crippen molar-refractivity contribution in [3.63, 3.8) is 0 Å². The van der Waals surface area contributed by atoms with Crippen LogP contribution >= 0.6 is 0 Å². The molecule has 1 aromatic carbocycles. The summed E-state index contributed by atoms with van der Waals surface area (Å²) >= 11 is 0. The molecule has 0 N–H and O–H groups in total. The van der Waals surface area contributed by atoms with Gasteiger partial charge in [0.15, 0.2) is 5.82 Å². The standard InChI is InChI=1S/C15H19N3O2/c1-18(2)9-11-4-3-5-12(8-11)15-16-14(17-20-15)13-6-7-19-10-13/h3-5,8,13H,6-7,9-10H2,1-2H3/t13-/m0/s1. The Hall–Kier alpha value is -1.72. The average molecular weight is 273 g/mol. The fourth-order valence-electron chi connectivity index (χ4n) is 2.42. The third-order valence-corrected chi connectivity index (χ3v) is 3.41. The molecule has 5 heteroatoms. The van der Waals surface area contributed by atoms with Crippen molar-refractivity contribution in [3.8, 4) is 11.5 Å². The molecule has 0 aliphatic carbocycles. The highest BCUT2D eigenvalue weighted by Gasteiger charge is 2.23. The van der Waals surface area contributed by atoms with Gasteiger partial charge in [-0.1, -0.05) is 17.3 Å². The smallest absolute Gasteiger partial charge is 0.257 e. The number of hydrogen-bond donors (Lipinski definition) is 0. The highest BCUT2D eigenvalue weighted by Crippen LogP contribution is 2.26. The summed E-state index contributed by atoms with van der Waals surface area (Å²) in [6, 6.07) is 8.23. The summed E-state index contributed by atoms with van der Waals surface area (Å²) in [6.45, 7) is 2.37. The van der Waals surface area contributed by atoms with Crippen molar-refractivity contribution < 1.29 is 9.26 Å². The maximum absolute atomic E-state index is 5.39. The van der Waals surface area contributed by atoms with E-state index in [0.29, 0.717) is 12.5 Å². The van der Waals surface area contributed by atoms with Crippen molar-refractivity contribution in [2.24, 2.45) is 0 Å². The zero-order chi connectivity index (χ0) is 13.9. The summed E-state index contributed by atoms with van der Waals surface area (Å²) in [5.74, 6) is 1.63. The topological polar surface area (TPSA) is 51.4 Å². The molecule has 1 aliphatic rings. The molecule has 1 aromatic heterocycles. The Labute approximate surface area is 118 Å². The lowest BCUT2D eigenvalue weighted by Gasteiger charge is -2.09. The maximum atomic E-state index is 5.39. The van der Waals surface area contributed by atoms with Gasteiger partial charge in [0.05, 0.1) is 6.61 Å². The predicted molar refractivity (Wildman–Crippen MR) is 75.3 cm³/mol. The van der Waals surface area contributed by atoms with Crippen molar-refractivity contribution in [1.29, 1.82) is 0 Å². The molecule has 0 saturated carbocycles. The molecule has 2 aromatic rings. The van der Waals surface area contributed by atoms with Crippen LogP contribution in [0.15, 0.2) is 28.8 Å². The molecule has 2 heterocycles. The van der Waals surface area contributed by atoms with Crippen LogP contribution in [-0.4, -0.2) is 42.3 Å². The molecule has 106 valence electrons. The lowest BCUT2D eigenvalue weighted by molar-refractivity contribution is 0.192. The van der Waals surface area contributed by atoms with E-state index in [2.05, 4.69) is 41.3 Å². The summed E-state index contributed by atoms with van der Waals surface area (Å²) in [4.78, 5) is 6.64. The molecular formula is C15H19N3O2. The van der Waals surface area contributed by atoms with Gasteiger partial charge in [-0.05, 0) is 38.2 Å². The Kier molecular flexibility index (Phi) is 3.80. The van der Waals surface area contributed by atoms with Crippen LogP contribution in [0.25, 0.3) is 11.5 Å². The Morgan fingerprint density at radius 3 is 3.00 bits per heavy atom. The second kappa shape index (κ2) is 5.73. The predicted octanol–water partition coefficient (Wildman–Crippen LogP) is 2.30. The lowest BCUT2D eigenvalue weighted by atomic mass is 10.1.